The fourth-order valence-corrected chi connectivity index (χ4v) is 5.24. The van der Waals surface area contributed by atoms with Crippen LogP contribution in [0.25, 0.3) is 0 Å². The first-order valence-corrected chi connectivity index (χ1v) is 14.0. The first-order valence-electron chi connectivity index (χ1n) is 12.6. The summed E-state index contributed by atoms with van der Waals surface area (Å²) in [7, 11) is -0.863. The van der Waals surface area contributed by atoms with Crippen molar-refractivity contribution in [2.45, 2.75) is 37.0 Å². The molecule has 1 aliphatic heterocycles. The SMILES string of the molecule is CN(C)C=NS(=O)(=O)c1cccc(Nc2cc(F)ccc2CN2C(=O)N(c3ccc(F)c(C(F)(F)F)c3)C(=O)C2(C)C)c1. The Kier molecular flexibility index (Phi) is 8.24. The van der Waals surface area contributed by atoms with Crippen LogP contribution in [0.4, 0.5) is 43.8 Å². The maximum atomic E-state index is 14.3. The third-order valence-corrected chi connectivity index (χ3v) is 7.79. The lowest BCUT2D eigenvalue weighted by Gasteiger charge is -2.28. The van der Waals surface area contributed by atoms with Crippen molar-refractivity contribution in [1.29, 1.82) is 0 Å². The van der Waals surface area contributed by atoms with E-state index in [0.29, 0.717) is 22.6 Å². The molecule has 0 spiro atoms. The van der Waals surface area contributed by atoms with Crippen LogP contribution in [0.1, 0.15) is 25.0 Å². The zero-order valence-corrected chi connectivity index (χ0v) is 24.1. The van der Waals surface area contributed by atoms with E-state index in [9.17, 15) is 40.0 Å². The summed E-state index contributed by atoms with van der Waals surface area (Å²) in [5.74, 6) is -3.08. The normalized spacial score (nSPS) is 15.5. The number of rotatable bonds is 8. The molecule has 1 fully saturated rings. The average Bonchev–Trinajstić information content (AvgIpc) is 3.08. The van der Waals surface area contributed by atoms with Crippen molar-refractivity contribution in [3.8, 4) is 0 Å². The summed E-state index contributed by atoms with van der Waals surface area (Å²) in [5, 5.41) is 2.92. The van der Waals surface area contributed by atoms with Crippen molar-refractivity contribution >= 4 is 45.4 Å². The number of carbonyl (C=O) groups is 2. The van der Waals surface area contributed by atoms with Gasteiger partial charge in [-0.25, -0.2) is 18.5 Å². The molecule has 0 radical (unpaired) electrons. The monoisotopic (exact) mass is 623 g/mol. The Bertz CT molecular complexity index is 1720. The molecule has 1 aliphatic rings. The molecule has 1 N–H and O–H groups in total. The molecule has 0 aromatic heterocycles. The zero-order chi connectivity index (χ0) is 31.9. The summed E-state index contributed by atoms with van der Waals surface area (Å²) < 4.78 is 97.0. The Morgan fingerprint density at radius 1 is 1.00 bits per heavy atom. The van der Waals surface area contributed by atoms with E-state index in [0.717, 1.165) is 29.4 Å². The Labute approximate surface area is 244 Å². The lowest BCUT2D eigenvalue weighted by Crippen LogP contribution is -2.43. The number of urea groups is 1. The predicted molar refractivity (Wildman–Crippen MR) is 149 cm³/mol. The van der Waals surface area contributed by atoms with E-state index >= 15 is 0 Å². The Balaban J connectivity index is 1.67. The van der Waals surface area contributed by atoms with Gasteiger partial charge in [-0.05, 0) is 67.9 Å². The maximum absolute atomic E-state index is 14.3. The van der Waals surface area contributed by atoms with E-state index in [1.165, 1.54) is 49.1 Å². The molecule has 0 atom stereocenters. The van der Waals surface area contributed by atoms with Gasteiger partial charge in [0.05, 0.1) is 22.7 Å². The van der Waals surface area contributed by atoms with Crippen molar-refractivity contribution in [3.63, 3.8) is 0 Å². The minimum absolute atomic E-state index is 0.127. The topological polar surface area (TPSA) is 102 Å². The molecule has 43 heavy (non-hydrogen) atoms. The third-order valence-electron chi connectivity index (χ3n) is 6.57. The van der Waals surface area contributed by atoms with E-state index in [-0.39, 0.29) is 22.8 Å². The summed E-state index contributed by atoms with van der Waals surface area (Å²) >= 11 is 0. The highest BCUT2D eigenvalue weighted by atomic mass is 32.2. The van der Waals surface area contributed by atoms with Crippen LogP contribution >= 0.6 is 0 Å². The highest BCUT2D eigenvalue weighted by Crippen LogP contribution is 2.38. The fourth-order valence-electron chi connectivity index (χ4n) is 4.28. The number of alkyl halides is 3. The number of hydrogen-bond acceptors (Lipinski definition) is 5. The van der Waals surface area contributed by atoms with Crippen LogP contribution in [0.2, 0.25) is 0 Å². The lowest BCUT2D eigenvalue weighted by molar-refractivity contribution is -0.140. The molecule has 0 saturated carbocycles. The van der Waals surface area contributed by atoms with Gasteiger partial charge in [-0.3, -0.25) is 4.79 Å². The molecule has 9 nitrogen and oxygen atoms in total. The van der Waals surface area contributed by atoms with Crippen LogP contribution in [0.5, 0.6) is 0 Å². The molecule has 3 aromatic rings. The van der Waals surface area contributed by atoms with Crippen molar-refractivity contribution in [2.24, 2.45) is 4.40 Å². The van der Waals surface area contributed by atoms with Gasteiger partial charge in [0.1, 0.15) is 23.5 Å². The second-order valence-corrected chi connectivity index (χ2v) is 12.0. The van der Waals surface area contributed by atoms with Gasteiger partial charge in [-0.2, -0.15) is 21.6 Å². The number of halogens is 5. The number of nitrogens with zero attached hydrogens (tertiary/aromatic N) is 4. The van der Waals surface area contributed by atoms with Crippen LogP contribution in [0.15, 0.2) is 70.0 Å². The number of hydrogen-bond donors (Lipinski definition) is 1. The maximum Gasteiger partial charge on any atom is 0.419 e. The summed E-state index contributed by atoms with van der Waals surface area (Å²) in [4.78, 5) is 29.7. The van der Waals surface area contributed by atoms with Gasteiger partial charge in [0.25, 0.3) is 15.9 Å². The van der Waals surface area contributed by atoms with Gasteiger partial charge >= 0.3 is 12.2 Å². The zero-order valence-electron chi connectivity index (χ0n) is 23.3. The van der Waals surface area contributed by atoms with Gasteiger partial charge in [0.2, 0.25) is 0 Å². The Morgan fingerprint density at radius 2 is 1.70 bits per heavy atom. The van der Waals surface area contributed by atoms with Crippen molar-refractivity contribution in [3.05, 3.63) is 83.4 Å². The first-order chi connectivity index (χ1) is 19.9. The highest BCUT2D eigenvalue weighted by molar-refractivity contribution is 7.90. The van der Waals surface area contributed by atoms with Crippen molar-refractivity contribution < 1.29 is 40.0 Å². The number of nitrogens with one attached hydrogen (secondary N) is 1. The van der Waals surface area contributed by atoms with Crippen molar-refractivity contribution in [2.75, 3.05) is 24.3 Å². The Morgan fingerprint density at radius 3 is 2.35 bits per heavy atom. The summed E-state index contributed by atoms with van der Waals surface area (Å²) in [6, 6.07) is 9.96. The molecule has 3 amide bonds. The van der Waals surface area contributed by atoms with Gasteiger partial charge < -0.3 is 15.1 Å². The smallest absolute Gasteiger partial charge is 0.368 e. The largest absolute Gasteiger partial charge is 0.419 e. The molecular formula is C28H26F5N5O4S. The number of anilines is 3. The molecule has 228 valence electrons. The van der Waals surface area contributed by atoms with E-state index in [1.54, 1.807) is 14.1 Å². The predicted octanol–water partition coefficient (Wildman–Crippen LogP) is 5.75. The quantitative estimate of drug-likeness (QED) is 0.148. The molecule has 0 aliphatic carbocycles. The lowest BCUT2D eigenvalue weighted by atomic mass is 10.0. The molecular weight excluding hydrogens is 597 g/mol. The number of imide groups is 1. The first kappa shape index (κ1) is 31.4. The number of amides is 3. The van der Waals surface area contributed by atoms with Crippen LogP contribution in [0, 0.1) is 11.6 Å². The van der Waals surface area contributed by atoms with Crippen LogP contribution in [0.3, 0.4) is 0 Å². The molecule has 1 saturated heterocycles. The molecule has 3 aromatic carbocycles. The molecule has 15 heteroatoms. The highest BCUT2D eigenvalue weighted by Gasteiger charge is 2.52. The summed E-state index contributed by atoms with van der Waals surface area (Å²) in [5.41, 5.74) is -3.00. The summed E-state index contributed by atoms with van der Waals surface area (Å²) in [6.07, 6.45) is -3.94. The van der Waals surface area contributed by atoms with Gasteiger partial charge in [-0.1, -0.05) is 12.1 Å². The summed E-state index contributed by atoms with van der Waals surface area (Å²) in [6.45, 7) is 2.48. The molecule has 0 bridgehead atoms. The minimum atomic E-state index is -5.06. The second kappa shape index (κ2) is 11.3. The van der Waals surface area contributed by atoms with Gasteiger partial charge in [0.15, 0.2) is 0 Å². The fraction of sp³-hybridized carbons (Fsp3) is 0.250. The van der Waals surface area contributed by atoms with Crippen LogP contribution in [-0.2, 0) is 27.5 Å². The standard InChI is InChI=1S/C28H26F5N5O4S/c1-27(2)25(39)38(20-10-11-23(30)22(14-20)28(31,32)33)26(40)37(27)15-17-8-9-18(29)12-24(17)35-19-6-5-7-21(13-19)43(41,42)34-16-36(3)4/h5-14,16,35H,15H2,1-4H3. The number of benzene rings is 3. The Hall–Kier alpha value is -4.53. The van der Waals surface area contributed by atoms with E-state index < -0.39 is 56.6 Å². The van der Waals surface area contributed by atoms with Crippen LogP contribution < -0.4 is 10.2 Å². The average molecular weight is 624 g/mol. The van der Waals surface area contributed by atoms with E-state index in [2.05, 4.69) is 9.71 Å². The van der Waals surface area contributed by atoms with E-state index in [4.69, 9.17) is 0 Å². The minimum Gasteiger partial charge on any atom is -0.368 e. The molecule has 0 unspecified atom stereocenters. The number of carbonyl (C=O) groups excluding carboxylic acids is 2. The second-order valence-electron chi connectivity index (χ2n) is 10.3. The van der Waals surface area contributed by atoms with Gasteiger partial charge in [-0.15, -0.1) is 4.40 Å². The van der Waals surface area contributed by atoms with Crippen molar-refractivity contribution in [1.82, 2.24) is 9.80 Å². The van der Waals surface area contributed by atoms with Gasteiger partial charge in [0, 0.05) is 25.5 Å². The molecule has 1 heterocycles. The van der Waals surface area contributed by atoms with E-state index in [1.807, 2.05) is 0 Å². The number of sulfonamides is 1. The molecule has 4 rings (SSSR count). The van der Waals surface area contributed by atoms with Crippen LogP contribution in [-0.4, -0.2) is 56.1 Å². The third kappa shape index (κ3) is 6.45.